The summed E-state index contributed by atoms with van der Waals surface area (Å²) < 4.78 is 5.53. The third-order valence-corrected chi connectivity index (χ3v) is 4.17. The van der Waals surface area contributed by atoms with Crippen molar-refractivity contribution in [2.45, 2.75) is 0 Å². The van der Waals surface area contributed by atoms with Crippen molar-refractivity contribution in [3.05, 3.63) is 103 Å². The summed E-state index contributed by atoms with van der Waals surface area (Å²) in [5, 5.41) is 26.4. The minimum Gasteiger partial charge on any atom is -0.450 e. The Labute approximate surface area is 180 Å². The maximum Gasteiger partial charge on any atom is 0.318 e. The van der Waals surface area contributed by atoms with Crippen molar-refractivity contribution in [2.24, 2.45) is 5.10 Å². The van der Waals surface area contributed by atoms with Crippen LogP contribution in [0.3, 0.4) is 0 Å². The highest BCUT2D eigenvalue weighted by atomic mass is 35.5. The van der Waals surface area contributed by atoms with Crippen molar-refractivity contribution in [3.8, 4) is 11.5 Å². The van der Waals surface area contributed by atoms with Crippen molar-refractivity contribution >= 4 is 35.1 Å². The monoisotopic (exact) mass is 440 g/mol. The molecule has 1 N–H and O–H groups in total. The smallest absolute Gasteiger partial charge is 0.318 e. The highest BCUT2D eigenvalue weighted by Gasteiger charge is 2.21. The Morgan fingerprint density at radius 1 is 1.00 bits per heavy atom. The number of carbonyl (C=O) groups excluding carboxylic acids is 1. The van der Waals surface area contributed by atoms with Crippen LogP contribution >= 0.6 is 11.6 Å². The summed E-state index contributed by atoms with van der Waals surface area (Å²) in [5.74, 6) is -0.340. The van der Waals surface area contributed by atoms with Gasteiger partial charge in [0, 0.05) is 16.7 Å². The number of halogens is 1. The van der Waals surface area contributed by atoms with E-state index in [0.717, 1.165) is 18.2 Å². The van der Waals surface area contributed by atoms with Crippen LogP contribution in [0.25, 0.3) is 0 Å². The number of nitro groups is 2. The van der Waals surface area contributed by atoms with Crippen LogP contribution in [0.5, 0.6) is 11.5 Å². The van der Waals surface area contributed by atoms with Crippen molar-refractivity contribution in [3.63, 3.8) is 0 Å². The fourth-order valence-electron chi connectivity index (χ4n) is 2.46. The molecule has 156 valence electrons. The van der Waals surface area contributed by atoms with E-state index in [1.807, 2.05) is 0 Å². The van der Waals surface area contributed by atoms with Crippen LogP contribution < -0.4 is 10.2 Å². The van der Waals surface area contributed by atoms with E-state index in [-0.39, 0.29) is 11.5 Å². The number of hydrogen-bond donors (Lipinski definition) is 1. The van der Waals surface area contributed by atoms with E-state index in [9.17, 15) is 25.0 Å². The summed E-state index contributed by atoms with van der Waals surface area (Å²) in [6, 6.07) is 15.7. The van der Waals surface area contributed by atoms with Crippen LogP contribution in [-0.2, 0) is 0 Å². The number of amides is 1. The minimum atomic E-state index is -0.764. The fourth-order valence-corrected chi connectivity index (χ4v) is 2.59. The number of benzene rings is 3. The van der Waals surface area contributed by atoms with Gasteiger partial charge >= 0.3 is 5.69 Å². The van der Waals surface area contributed by atoms with Crippen molar-refractivity contribution in [1.82, 2.24) is 5.43 Å². The predicted molar refractivity (Wildman–Crippen MR) is 113 cm³/mol. The van der Waals surface area contributed by atoms with Gasteiger partial charge in [0.15, 0.2) is 0 Å². The van der Waals surface area contributed by atoms with E-state index in [0.29, 0.717) is 16.1 Å². The first-order chi connectivity index (χ1) is 14.8. The molecular weight excluding hydrogens is 428 g/mol. The fraction of sp³-hybridized carbons (Fsp3) is 0. The second-order valence-electron chi connectivity index (χ2n) is 6.05. The van der Waals surface area contributed by atoms with Gasteiger partial charge in [-0.25, -0.2) is 5.43 Å². The van der Waals surface area contributed by atoms with Gasteiger partial charge in [0.2, 0.25) is 5.75 Å². The van der Waals surface area contributed by atoms with Crippen LogP contribution in [0.1, 0.15) is 15.9 Å². The molecule has 0 aliphatic carbocycles. The maximum absolute atomic E-state index is 12.0. The average molecular weight is 441 g/mol. The zero-order valence-corrected chi connectivity index (χ0v) is 16.4. The van der Waals surface area contributed by atoms with Gasteiger partial charge in [-0.05, 0) is 48.0 Å². The SMILES string of the molecule is O=C(N/N=C\c1cccc(Oc2ccc([N+](=O)[O-])cc2[N+](=O)[O-])c1)c1ccc(Cl)cc1. The van der Waals surface area contributed by atoms with Crippen molar-refractivity contribution in [1.29, 1.82) is 0 Å². The second kappa shape index (κ2) is 9.46. The molecule has 0 aromatic heterocycles. The molecule has 11 heteroatoms. The normalized spacial score (nSPS) is 10.6. The molecule has 0 saturated carbocycles. The topological polar surface area (TPSA) is 137 Å². The Balaban J connectivity index is 1.72. The minimum absolute atomic E-state index is 0.152. The van der Waals surface area contributed by atoms with Gasteiger partial charge in [0.25, 0.3) is 11.6 Å². The summed E-state index contributed by atoms with van der Waals surface area (Å²) in [6.45, 7) is 0. The van der Waals surface area contributed by atoms with Gasteiger partial charge in [-0.15, -0.1) is 0 Å². The lowest BCUT2D eigenvalue weighted by atomic mass is 10.2. The van der Waals surface area contributed by atoms with Crippen LogP contribution in [0.15, 0.2) is 71.8 Å². The summed E-state index contributed by atoms with van der Waals surface area (Å²) in [6.07, 6.45) is 1.37. The molecule has 0 radical (unpaired) electrons. The third-order valence-electron chi connectivity index (χ3n) is 3.92. The number of carbonyl (C=O) groups is 1. The molecule has 3 aromatic rings. The summed E-state index contributed by atoms with van der Waals surface area (Å²) >= 11 is 5.78. The zero-order chi connectivity index (χ0) is 22.4. The van der Waals surface area contributed by atoms with Crippen LogP contribution in [-0.4, -0.2) is 22.0 Å². The maximum atomic E-state index is 12.0. The number of nitrogens with zero attached hydrogens (tertiary/aromatic N) is 3. The number of non-ortho nitro benzene ring substituents is 1. The van der Waals surface area contributed by atoms with Gasteiger partial charge in [-0.3, -0.25) is 25.0 Å². The molecule has 0 aliphatic heterocycles. The van der Waals surface area contributed by atoms with E-state index in [1.54, 1.807) is 42.5 Å². The molecule has 0 unspecified atom stereocenters. The molecule has 0 aliphatic rings. The number of rotatable bonds is 7. The third kappa shape index (κ3) is 5.61. The number of hydrazone groups is 1. The molecule has 0 saturated heterocycles. The van der Waals surface area contributed by atoms with E-state index in [2.05, 4.69) is 10.5 Å². The van der Waals surface area contributed by atoms with Gasteiger partial charge in [0.1, 0.15) is 5.75 Å². The zero-order valence-electron chi connectivity index (χ0n) is 15.6. The van der Waals surface area contributed by atoms with Crippen LogP contribution in [0, 0.1) is 20.2 Å². The first-order valence-corrected chi connectivity index (χ1v) is 9.01. The molecule has 3 aromatic carbocycles. The second-order valence-corrected chi connectivity index (χ2v) is 6.48. The lowest BCUT2D eigenvalue weighted by Gasteiger charge is -2.07. The first-order valence-electron chi connectivity index (χ1n) is 8.63. The quantitative estimate of drug-likeness (QED) is 0.320. The lowest BCUT2D eigenvalue weighted by Crippen LogP contribution is -2.17. The van der Waals surface area contributed by atoms with E-state index < -0.39 is 27.1 Å². The van der Waals surface area contributed by atoms with Gasteiger partial charge in [0.05, 0.1) is 22.1 Å². The highest BCUT2D eigenvalue weighted by molar-refractivity contribution is 6.30. The number of nitrogens with one attached hydrogen (secondary N) is 1. The van der Waals surface area contributed by atoms with Crippen LogP contribution in [0.4, 0.5) is 11.4 Å². The van der Waals surface area contributed by atoms with Crippen molar-refractivity contribution in [2.75, 3.05) is 0 Å². The van der Waals surface area contributed by atoms with E-state index >= 15 is 0 Å². The summed E-state index contributed by atoms with van der Waals surface area (Å²) in [4.78, 5) is 32.6. The summed E-state index contributed by atoms with van der Waals surface area (Å²) in [7, 11) is 0. The molecule has 0 fully saturated rings. The molecule has 0 atom stereocenters. The van der Waals surface area contributed by atoms with E-state index in [4.69, 9.17) is 16.3 Å². The molecular formula is C20H13ClN4O6. The number of ether oxygens (including phenoxy) is 1. The van der Waals surface area contributed by atoms with Gasteiger partial charge in [-0.2, -0.15) is 5.10 Å². The molecule has 3 rings (SSSR count). The van der Waals surface area contributed by atoms with Gasteiger partial charge in [-0.1, -0.05) is 23.7 Å². The molecule has 10 nitrogen and oxygen atoms in total. The Hall–Kier alpha value is -4.31. The molecule has 1 amide bonds. The summed E-state index contributed by atoms with van der Waals surface area (Å²) in [5.41, 5.74) is 2.33. The van der Waals surface area contributed by atoms with Crippen LogP contribution in [0.2, 0.25) is 5.02 Å². The number of nitro benzene ring substituents is 2. The highest BCUT2D eigenvalue weighted by Crippen LogP contribution is 2.34. The Morgan fingerprint density at radius 2 is 1.74 bits per heavy atom. The largest absolute Gasteiger partial charge is 0.450 e. The Bertz CT molecular complexity index is 1180. The Morgan fingerprint density at radius 3 is 2.42 bits per heavy atom. The molecule has 31 heavy (non-hydrogen) atoms. The average Bonchev–Trinajstić information content (AvgIpc) is 2.74. The predicted octanol–water partition coefficient (Wildman–Crippen LogP) is 4.71. The standard InChI is InChI=1S/C20H13ClN4O6/c21-15-6-4-14(5-7-15)20(26)23-22-12-13-2-1-3-17(10-13)31-19-9-8-16(24(27)28)11-18(19)25(29)30/h1-12H,(H,23,26)/b22-12-. The van der Waals surface area contributed by atoms with Gasteiger partial charge < -0.3 is 4.74 Å². The molecule has 0 bridgehead atoms. The first kappa shape index (κ1) is 21.4. The lowest BCUT2D eigenvalue weighted by molar-refractivity contribution is -0.394. The van der Waals surface area contributed by atoms with Crippen molar-refractivity contribution < 1.29 is 19.4 Å². The Kier molecular flexibility index (Phi) is 6.53. The number of hydrogen-bond acceptors (Lipinski definition) is 7. The van der Waals surface area contributed by atoms with E-state index in [1.165, 1.54) is 12.3 Å². The molecule has 0 spiro atoms. The molecule has 0 heterocycles.